The van der Waals surface area contributed by atoms with Crippen molar-refractivity contribution in [2.45, 2.75) is 6.92 Å². The first-order chi connectivity index (χ1) is 16.5. The molecule has 7 nitrogen and oxygen atoms in total. The molecule has 3 aromatic rings. The van der Waals surface area contributed by atoms with Crippen LogP contribution in [0.5, 0.6) is 11.5 Å². The Kier molecular flexibility index (Phi) is 7.22. The number of rotatable bonds is 6. The molecule has 1 aliphatic heterocycles. The largest absolute Gasteiger partial charge is 0.457 e. The number of hydrogen-bond donors (Lipinski definition) is 1. The monoisotopic (exact) mass is 457 g/mol. The predicted octanol–water partition coefficient (Wildman–Crippen LogP) is 3.50. The Labute approximate surface area is 198 Å². The number of para-hydroxylation sites is 1. The van der Waals surface area contributed by atoms with Gasteiger partial charge in [0, 0.05) is 37.3 Å². The molecule has 7 heteroatoms. The SMILES string of the molecule is Cc1ccccc1C(=O)N1CCN(C(=O)CNC(=O)c2ccc(Oc3ccccc3)cc2)CC1. The molecule has 3 amide bonds. The molecular weight excluding hydrogens is 430 g/mol. The molecule has 0 spiro atoms. The van der Waals surface area contributed by atoms with Crippen molar-refractivity contribution in [2.24, 2.45) is 0 Å². The molecule has 1 saturated heterocycles. The Morgan fingerprint density at radius 2 is 1.35 bits per heavy atom. The average molecular weight is 458 g/mol. The molecule has 0 atom stereocenters. The van der Waals surface area contributed by atoms with Gasteiger partial charge in [-0.15, -0.1) is 0 Å². The molecule has 0 bridgehead atoms. The summed E-state index contributed by atoms with van der Waals surface area (Å²) in [7, 11) is 0. The lowest BCUT2D eigenvalue weighted by atomic mass is 10.1. The maximum Gasteiger partial charge on any atom is 0.254 e. The van der Waals surface area contributed by atoms with E-state index in [9.17, 15) is 14.4 Å². The van der Waals surface area contributed by atoms with Gasteiger partial charge in [-0.05, 0) is 55.0 Å². The molecule has 1 N–H and O–H groups in total. The smallest absolute Gasteiger partial charge is 0.254 e. The first-order valence-electron chi connectivity index (χ1n) is 11.2. The van der Waals surface area contributed by atoms with Gasteiger partial charge in [-0.3, -0.25) is 14.4 Å². The number of carbonyl (C=O) groups is 3. The van der Waals surface area contributed by atoms with E-state index in [4.69, 9.17) is 4.74 Å². The number of benzene rings is 3. The lowest BCUT2D eigenvalue weighted by Gasteiger charge is -2.35. The Morgan fingerprint density at radius 3 is 2.03 bits per heavy atom. The summed E-state index contributed by atoms with van der Waals surface area (Å²) in [4.78, 5) is 41.2. The van der Waals surface area contributed by atoms with Crippen LogP contribution in [0.2, 0.25) is 0 Å². The van der Waals surface area contributed by atoms with Crippen LogP contribution in [0.3, 0.4) is 0 Å². The van der Waals surface area contributed by atoms with E-state index in [1.54, 1.807) is 34.1 Å². The molecule has 4 rings (SSSR count). The van der Waals surface area contributed by atoms with E-state index < -0.39 is 0 Å². The van der Waals surface area contributed by atoms with Crippen LogP contribution in [0.4, 0.5) is 0 Å². The molecule has 174 valence electrons. The summed E-state index contributed by atoms with van der Waals surface area (Å²) in [5, 5.41) is 2.68. The van der Waals surface area contributed by atoms with E-state index in [0.717, 1.165) is 5.56 Å². The van der Waals surface area contributed by atoms with Crippen molar-refractivity contribution in [3.8, 4) is 11.5 Å². The average Bonchev–Trinajstić information content (AvgIpc) is 2.88. The lowest BCUT2D eigenvalue weighted by molar-refractivity contribution is -0.131. The highest BCUT2D eigenvalue weighted by Gasteiger charge is 2.25. The minimum atomic E-state index is -0.326. The summed E-state index contributed by atoms with van der Waals surface area (Å²) < 4.78 is 5.73. The van der Waals surface area contributed by atoms with Gasteiger partial charge < -0.3 is 19.9 Å². The molecule has 1 fully saturated rings. The third kappa shape index (κ3) is 5.61. The van der Waals surface area contributed by atoms with Crippen LogP contribution < -0.4 is 10.1 Å². The molecule has 1 heterocycles. The molecule has 3 aromatic carbocycles. The molecule has 1 aliphatic rings. The second-order valence-electron chi connectivity index (χ2n) is 8.11. The van der Waals surface area contributed by atoms with Gasteiger partial charge in [-0.25, -0.2) is 0 Å². The molecule has 0 aliphatic carbocycles. The summed E-state index contributed by atoms with van der Waals surface area (Å²) >= 11 is 0. The molecule has 34 heavy (non-hydrogen) atoms. The van der Waals surface area contributed by atoms with Crippen molar-refractivity contribution in [2.75, 3.05) is 32.7 Å². The number of hydrogen-bond acceptors (Lipinski definition) is 4. The number of ether oxygens (including phenoxy) is 1. The standard InChI is InChI=1S/C27H27N3O4/c1-20-7-5-6-10-24(20)27(33)30-17-15-29(16-18-30)25(31)19-28-26(32)21-11-13-23(14-12-21)34-22-8-3-2-4-9-22/h2-14H,15-19H2,1H3,(H,28,32). The van der Waals surface area contributed by atoms with E-state index >= 15 is 0 Å². The van der Waals surface area contributed by atoms with E-state index in [1.165, 1.54) is 0 Å². The van der Waals surface area contributed by atoms with Crippen molar-refractivity contribution in [1.29, 1.82) is 0 Å². The van der Waals surface area contributed by atoms with E-state index in [-0.39, 0.29) is 24.3 Å². The quantitative estimate of drug-likeness (QED) is 0.615. The Hall–Kier alpha value is -4.13. The summed E-state index contributed by atoms with van der Waals surface area (Å²) in [6, 6.07) is 23.6. The van der Waals surface area contributed by atoms with Crippen molar-refractivity contribution in [1.82, 2.24) is 15.1 Å². The molecular formula is C27H27N3O4. The number of nitrogens with zero attached hydrogens (tertiary/aromatic N) is 2. The third-order valence-corrected chi connectivity index (χ3v) is 5.79. The summed E-state index contributed by atoms with van der Waals surface area (Å²) in [5.74, 6) is 0.828. The predicted molar refractivity (Wildman–Crippen MR) is 129 cm³/mol. The van der Waals surface area contributed by atoms with Gasteiger partial charge in [0.2, 0.25) is 5.91 Å². The van der Waals surface area contributed by atoms with Gasteiger partial charge >= 0.3 is 0 Å². The highest BCUT2D eigenvalue weighted by Crippen LogP contribution is 2.21. The maximum atomic E-state index is 12.8. The highest BCUT2D eigenvalue weighted by atomic mass is 16.5. The Balaban J connectivity index is 1.23. The van der Waals surface area contributed by atoms with Crippen LogP contribution in [-0.4, -0.2) is 60.2 Å². The number of amides is 3. The topological polar surface area (TPSA) is 79.0 Å². The zero-order chi connectivity index (χ0) is 23.9. The molecule has 0 radical (unpaired) electrons. The van der Waals surface area contributed by atoms with Crippen LogP contribution >= 0.6 is 0 Å². The fourth-order valence-electron chi connectivity index (χ4n) is 3.81. The van der Waals surface area contributed by atoms with E-state index in [1.807, 2.05) is 61.5 Å². The van der Waals surface area contributed by atoms with Crippen LogP contribution in [0.25, 0.3) is 0 Å². The zero-order valence-corrected chi connectivity index (χ0v) is 19.1. The highest BCUT2D eigenvalue weighted by molar-refractivity contribution is 5.97. The molecule has 0 saturated carbocycles. The van der Waals surface area contributed by atoms with Crippen LogP contribution in [0, 0.1) is 6.92 Å². The van der Waals surface area contributed by atoms with Gasteiger partial charge in [-0.1, -0.05) is 36.4 Å². The van der Waals surface area contributed by atoms with Gasteiger partial charge in [0.15, 0.2) is 0 Å². The first kappa shape index (κ1) is 23.0. The van der Waals surface area contributed by atoms with Gasteiger partial charge in [0.25, 0.3) is 11.8 Å². The first-order valence-corrected chi connectivity index (χ1v) is 11.2. The molecule has 0 unspecified atom stereocenters. The van der Waals surface area contributed by atoms with E-state index in [2.05, 4.69) is 5.32 Å². The van der Waals surface area contributed by atoms with Crippen molar-refractivity contribution < 1.29 is 19.1 Å². The van der Waals surface area contributed by atoms with Crippen molar-refractivity contribution >= 4 is 17.7 Å². The Morgan fingerprint density at radius 1 is 0.765 bits per heavy atom. The lowest BCUT2D eigenvalue weighted by Crippen LogP contribution is -2.52. The number of piperazine rings is 1. The summed E-state index contributed by atoms with van der Waals surface area (Å²) in [6.45, 7) is 3.65. The Bertz CT molecular complexity index is 1150. The normalized spacial score (nSPS) is 13.3. The minimum absolute atomic E-state index is 0.0156. The van der Waals surface area contributed by atoms with Crippen molar-refractivity contribution in [3.05, 3.63) is 95.6 Å². The van der Waals surface area contributed by atoms with Crippen LogP contribution in [-0.2, 0) is 4.79 Å². The number of nitrogens with one attached hydrogen (secondary N) is 1. The third-order valence-electron chi connectivity index (χ3n) is 5.79. The zero-order valence-electron chi connectivity index (χ0n) is 19.1. The summed E-state index contributed by atoms with van der Waals surface area (Å²) in [6.07, 6.45) is 0. The minimum Gasteiger partial charge on any atom is -0.457 e. The van der Waals surface area contributed by atoms with Gasteiger partial charge in [-0.2, -0.15) is 0 Å². The second-order valence-corrected chi connectivity index (χ2v) is 8.11. The van der Waals surface area contributed by atoms with E-state index in [0.29, 0.717) is 48.8 Å². The van der Waals surface area contributed by atoms with Crippen LogP contribution in [0.1, 0.15) is 26.3 Å². The number of aryl methyl sites for hydroxylation is 1. The maximum absolute atomic E-state index is 12.8. The fourth-order valence-corrected chi connectivity index (χ4v) is 3.81. The van der Waals surface area contributed by atoms with Crippen molar-refractivity contribution in [3.63, 3.8) is 0 Å². The fraction of sp³-hybridized carbons (Fsp3) is 0.222. The van der Waals surface area contributed by atoms with Crippen LogP contribution in [0.15, 0.2) is 78.9 Å². The van der Waals surface area contributed by atoms with Gasteiger partial charge in [0.1, 0.15) is 11.5 Å². The molecule has 0 aromatic heterocycles. The second kappa shape index (κ2) is 10.7. The number of carbonyl (C=O) groups excluding carboxylic acids is 3. The summed E-state index contributed by atoms with van der Waals surface area (Å²) in [5.41, 5.74) is 2.07. The van der Waals surface area contributed by atoms with Gasteiger partial charge in [0.05, 0.1) is 6.54 Å².